The molecule has 0 aliphatic carbocycles. The van der Waals surface area contributed by atoms with Gasteiger partial charge in [0, 0.05) is 11.3 Å². The van der Waals surface area contributed by atoms with Gasteiger partial charge in [0.05, 0.1) is 4.47 Å². The van der Waals surface area contributed by atoms with Gasteiger partial charge in [-0.15, -0.1) is 0 Å². The molecule has 2 aromatic carbocycles. The molecule has 2 rings (SSSR count). The summed E-state index contributed by atoms with van der Waals surface area (Å²) in [6.45, 7) is 5.17. The molecule has 1 amide bonds. The molecule has 0 fully saturated rings. The quantitative estimate of drug-likeness (QED) is 0.789. The molecule has 0 heterocycles. The predicted octanol–water partition coefficient (Wildman–Crippen LogP) is 4.37. The number of benzene rings is 2. The van der Waals surface area contributed by atoms with Gasteiger partial charge >= 0.3 is 0 Å². The summed E-state index contributed by atoms with van der Waals surface area (Å²) >= 11 is 3.42. The minimum absolute atomic E-state index is 0.0104. The monoisotopic (exact) mass is 375 g/mol. The van der Waals surface area contributed by atoms with E-state index < -0.39 is 6.10 Å². The molecule has 2 aromatic rings. The zero-order valence-electron chi connectivity index (χ0n) is 13.2. The summed E-state index contributed by atoms with van der Waals surface area (Å²) in [5, 5.41) is 2.77. The van der Waals surface area contributed by atoms with Crippen LogP contribution in [-0.2, 0) is 4.79 Å². The molecule has 4 nitrogen and oxygen atoms in total. The van der Waals surface area contributed by atoms with Crippen LogP contribution in [0.2, 0.25) is 0 Å². The van der Waals surface area contributed by atoms with Crippen molar-refractivity contribution >= 4 is 33.3 Å². The lowest BCUT2D eigenvalue weighted by Gasteiger charge is -2.16. The number of rotatable bonds is 5. The van der Waals surface area contributed by atoms with Gasteiger partial charge < -0.3 is 10.1 Å². The van der Waals surface area contributed by atoms with E-state index >= 15 is 0 Å². The van der Waals surface area contributed by atoms with E-state index in [4.69, 9.17) is 4.74 Å². The zero-order chi connectivity index (χ0) is 17.0. The normalized spacial score (nSPS) is 11.7. The molecule has 0 radical (unpaired) electrons. The van der Waals surface area contributed by atoms with E-state index in [0.717, 1.165) is 10.0 Å². The van der Waals surface area contributed by atoms with Crippen molar-refractivity contribution in [2.45, 2.75) is 26.9 Å². The minimum Gasteiger partial charge on any atom is -0.480 e. The molecule has 0 saturated carbocycles. The van der Waals surface area contributed by atoms with Crippen molar-refractivity contribution in [3.8, 4) is 5.75 Å². The Morgan fingerprint density at radius 1 is 1.13 bits per heavy atom. The Kier molecular flexibility index (Phi) is 5.55. The van der Waals surface area contributed by atoms with Crippen LogP contribution in [0.5, 0.6) is 5.75 Å². The zero-order valence-corrected chi connectivity index (χ0v) is 14.8. The SMILES string of the molecule is CC(=O)c1ccc(NC(=O)C(C)Oc2ccc(C)cc2Br)cc1. The van der Waals surface area contributed by atoms with Crippen LogP contribution < -0.4 is 10.1 Å². The predicted molar refractivity (Wildman–Crippen MR) is 94.0 cm³/mol. The van der Waals surface area contributed by atoms with Gasteiger partial charge in [0.15, 0.2) is 11.9 Å². The van der Waals surface area contributed by atoms with Crippen molar-refractivity contribution < 1.29 is 14.3 Å². The molecule has 0 bridgehead atoms. The summed E-state index contributed by atoms with van der Waals surface area (Å²) in [5.74, 6) is 0.349. The summed E-state index contributed by atoms with van der Waals surface area (Å²) in [5.41, 5.74) is 2.33. The number of Topliss-reactive ketones (excluding diaryl/α,β-unsaturated/α-hetero) is 1. The first kappa shape index (κ1) is 17.2. The van der Waals surface area contributed by atoms with Crippen LogP contribution in [0.4, 0.5) is 5.69 Å². The Hall–Kier alpha value is -2.14. The first-order valence-corrected chi connectivity index (χ1v) is 8.01. The Bertz CT molecular complexity index is 726. The number of ether oxygens (including phenoxy) is 1. The third-order valence-corrected chi connectivity index (χ3v) is 3.94. The third-order valence-electron chi connectivity index (χ3n) is 3.32. The van der Waals surface area contributed by atoms with E-state index in [-0.39, 0.29) is 11.7 Å². The summed E-state index contributed by atoms with van der Waals surface area (Å²) < 4.78 is 6.49. The second-order valence-corrected chi connectivity index (χ2v) is 6.17. The van der Waals surface area contributed by atoms with Crippen molar-refractivity contribution in [2.24, 2.45) is 0 Å². The fourth-order valence-electron chi connectivity index (χ4n) is 1.98. The van der Waals surface area contributed by atoms with Gasteiger partial charge in [0.25, 0.3) is 5.91 Å². The van der Waals surface area contributed by atoms with Crippen molar-refractivity contribution in [2.75, 3.05) is 5.32 Å². The lowest BCUT2D eigenvalue weighted by molar-refractivity contribution is -0.122. The van der Waals surface area contributed by atoms with Crippen LogP contribution in [0.25, 0.3) is 0 Å². The van der Waals surface area contributed by atoms with Gasteiger partial charge in [0.1, 0.15) is 5.75 Å². The van der Waals surface area contributed by atoms with Crippen LogP contribution in [0.1, 0.15) is 29.8 Å². The number of nitrogens with one attached hydrogen (secondary N) is 1. The van der Waals surface area contributed by atoms with E-state index in [9.17, 15) is 9.59 Å². The molecule has 0 saturated heterocycles. The average Bonchev–Trinajstić information content (AvgIpc) is 2.50. The Morgan fingerprint density at radius 3 is 2.35 bits per heavy atom. The van der Waals surface area contributed by atoms with Crippen LogP contribution in [-0.4, -0.2) is 17.8 Å². The molecule has 120 valence electrons. The van der Waals surface area contributed by atoms with Crippen LogP contribution in [0, 0.1) is 6.92 Å². The summed E-state index contributed by atoms with van der Waals surface area (Å²) in [4.78, 5) is 23.4. The third kappa shape index (κ3) is 4.66. The maximum absolute atomic E-state index is 12.2. The van der Waals surface area contributed by atoms with E-state index in [1.54, 1.807) is 31.2 Å². The molecule has 1 N–H and O–H groups in total. The lowest BCUT2D eigenvalue weighted by atomic mass is 10.1. The largest absolute Gasteiger partial charge is 0.480 e. The molecule has 1 unspecified atom stereocenters. The number of amides is 1. The van der Waals surface area contributed by atoms with E-state index in [0.29, 0.717) is 17.0 Å². The number of carbonyl (C=O) groups is 2. The fourth-order valence-corrected chi connectivity index (χ4v) is 2.56. The number of hydrogen-bond acceptors (Lipinski definition) is 3. The van der Waals surface area contributed by atoms with Crippen LogP contribution in [0.3, 0.4) is 0 Å². The highest BCUT2D eigenvalue weighted by molar-refractivity contribution is 9.10. The van der Waals surface area contributed by atoms with Gasteiger partial charge in [-0.2, -0.15) is 0 Å². The highest BCUT2D eigenvalue weighted by Crippen LogP contribution is 2.26. The van der Waals surface area contributed by atoms with Gasteiger partial charge in [-0.1, -0.05) is 6.07 Å². The summed E-state index contributed by atoms with van der Waals surface area (Å²) in [6.07, 6.45) is -0.651. The number of ketones is 1. The highest BCUT2D eigenvalue weighted by Gasteiger charge is 2.16. The summed E-state index contributed by atoms with van der Waals surface area (Å²) in [6, 6.07) is 12.4. The van der Waals surface area contributed by atoms with E-state index in [1.165, 1.54) is 6.92 Å². The summed E-state index contributed by atoms with van der Waals surface area (Å²) in [7, 11) is 0. The molecule has 0 aromatic heterocycles. The molecule has 23 heavy (non-hydrogen) atoms. The number of anilines is 1. The highest BCUT2D eigenvalue weighted by atomic mass is 79.9. The maximum Gasteiger partial charge on any atom is 0.265 e. The average molecular weight is 376 g/mol. The number of halogens is 1. The Balaban J connectivity index is 2.00. The standard InChI is InChI=1S/C18H18BrNO3/c1-11-4-9-17(16(19)10-11)23-13(3)18(22)20-15-7-5-14(6-8-15)12(2)21/h4-10,13H,1-3H3,(H,20,22). The first-order valence-electron chi connectivity index (χ1n) is 7.21. The molecule has 5 heteroatoms. The second-order valence-electron chi connectivity index (χ2n) is 5.32. The Labute approximate surface area is 144 Å². The smallest absolute Gasteiger partial charge is 0.265 e. The van der Waals surface area contributed by atoms with Gasteiger partial charge in [-0.05, 0) is 78.7 Å². The van der Waals surface area contributed by atoms with Gasteiger partial charge in [0.2, 0.25) is 0 Å². The molecule has 0 spiro atoms. The van der Waals surface area contributed by atoms with E-state index in [1.807, 2.05) is 25.1 Å². The van der Waals surface area contributed by atoms with E-state index in [2.05, 4.69) is 21.2 Å². The first-order chi connectivity index (χ1) is 10.9. The maximum atomic E-state index is 12.2. The number of aryl methyl sites for hydroxylation is 1. The molecular weight excluding hydrogens is 358 g/mol. The van der Waals surface area contributed by atoms with Crippen molar-refractivity contribution in [3.63, 3.8) is 0 Å². The fraction of sp³-hybridized carbons (Fsp3) is 0.222. The molecule has 0 aliphatic heterocycles. The number of hydrogen-bond donors (Lipinski definition) is 1. The van der Waals surface area contributed by atoms with Crippen LogP contribution >= 0.6 is 15.9 Å². The van der Waals surface area contributed by atoms with Crippen molar-refractivity contribution in [3.05, 3.63) is 58.1 Å². The molecular formula is C18H18BrNO3. The van der Waals surface area contributed by atoms with Crippen molar-refractivity contribution in [1.29, 1.82) is 0 Å². The number of carbonyl (C=O) groups excluding carboxylic acids is 2. The van der Waals surface area contributed by atoms with Crippen molar-refractivity contribution in [1.82, 2.24) is 0 Å². The van der Waals surface area contributed by atoms with Gasteiger partial charge in [-0.25, -0.2) is 0 Å². The van der Waals surface area contributed by atoms with Gasteiger partial charge in [-0.3, -0.25) is 9.59 Å². The Morgan fingerprint density at radius 2 is 1.78 bits per heavy atom. The second kappa shape index (κ2) is 7.42. The topological polar surface area (TPSA) is 55.4 Å². The lowest BCUT2D eigenvalue weighted by Crippen LogP contribution is -2.30. The van der Waals surface area contributed by atoms with Crippen LogP contribution in [0.15, 0.2) is 46.9 Å². The molecule has 1 atom stereocenters. The minimum atomic E-state index is -0.651. The molecule has 0 aliphatic rings.